The van der Waals surface area contributed by atoms with Gasteiger partial charge in [-0.2, -0.15) is 0 Å². The van der Waals surface area contributed by atoms with Crippen LogP contribution in [-0.2, 0) is 4.79 Å². The summed E-state index contributed by atoms with van der Waals surface area (Å²) in [5.74, 6) is -1.37. The Labute approximate surface area is 82.3 Å². The zero-order chi connectivity index (χ0) is 11.2. The maximum Gasteiger partial charge on any atom is 0.337 e. The summed E-state index contributed by atoms with van der Waals surface area (Å²) in [5, 5.41) is 22.5. The largest absolute Gasteiger partial charge is 0.479 e. The Hall–Kier alpha value is -1.30. The van der Waals surface area contributed by atoms with Crippen LogP contribution in [0.5, 0.6) is 0 Å². The number of carboxylic acid groups (broad SMARTS) is 1. The van der Waals surface area contributed by atoms with E-state index in [2.05, 4.69) is 10.6 Å². The topological polar surface area (TPSA) is 98.7 Å². The van der Waals surface area contributed by atoms with Crippen LogP contribution in [0, 0.1) is 0 Å². The molecule has 0 saturated carbocycles. The second-order valence-corrected chi connectivity index (χ2v) is 3.19. The lowest BCUT2D eigenvalue weighted by Crippen LogP contribution is -2.49. The van der Waals surface area contributed by atoms with E-state index in [1.165, 1.54) is 0 Å². The SMILES string of the molecule is CCCNC(=O)NCC(C)(O)C(=O)O. The van der Waals surface area contributed by atoms with Gasteiger partial charge in [0.1, 0.15) is 0 Å². The maximum absolute atomic E-state index is 10.9. The van der Waals surface area contributed by atoms with Crippen molar-refractivity contribution in [3.8, 4) is 0 Å². The fourth-order valence-electron chi connectivity index (χ4n) is 0.629. The van der Waals surface area contributed by atoms with Crippen LogP contribution >= 0.6 is 0 Å². The van der Waals surface area contributed by atoms with E-state index in [4.69, 9.17) is 5.11 Å². The number of rotatable bonds is 5. The molecule has 1 unspecified atom stereocenters. The second-order valence-electron chi connectivity index (χ2n) is 3.19. The predicted molar refractivity (Wildman–Crippen MR) is 50.0 cm³/mol. The van der Waals surface area contributed by atoms with Gasteiger partial charge in [0, 0.05) is 6.54 Å². The molecule has 0 aliphatic carbocycles. The molecule has 0 saturated heterocycles. The average molecular weight is 204 g/mol. The van der Waals surface area contributed by atoms with Crippen molar-refractivity contribution in [2.75, 3.05) is 13.1 Å². The van der Waals surface area contributed by atoms with Gasteiger partial charge in [0.25, 0.3) is 0 Å². The molecule has 0 aromatic rings. The average Bonchev–Trinajstić information content (AvgIpc) is 2.11. The van der Waals surface area contributed by atoms with E-state index in [0.29, 0.717) is 6.54 Å². The third-order valence-corrected chi connectivity index (χ3v) is 1.59. The molecule has 0 rings (SSSR count). The lowest BCUT2D eigenvalue weighted by molar-refractivity contribution is -0.155. The Balaban J connectivity index is 3.82. The summed E-state index contributed by atoms with van der Waals surface area (Å²) in [6.45, 7) is 3.21. The smallest absolute Gasteiger partial charge is 0.337 e. The molecule has 0 spiro atoms. The van der Waals surface area contributed by atoms with E-state index in [1.54, 1.807) is 0 Å². The molecule has 0 aromatic carbocycles. The van der Waals surface area contributed by atoms with E-state index in [-0.39, 0.29) is 6.54 Å². The Morgan fingerprint density at radius 2 is 1.93 bits per heavy atom. The van der Waals surface area contributed by atoms with Crippen molar-refractivity contribution in [1.29, 1.82) is 0 Å². The first-order valence-corrected chi connectivity index (χ1v) is 4.37. The first kappa shape index (κ1) is 12.7. The van der Waals surface area contributed by atoms with Crippen LogP contribution < -0.4 is 10.6 Å². The van der Waals surface area contributed by atoms with Crippen molar-refractivity contribution in [3.05, 3.63) is 0 Å². The molecule has 0 heterocycles. The monoisotopic (exact) mass is 204 g/mol. The summed E-state index contributed by atoms with van der Waals surface area (Å²) < 4.78 is 0. The first-order valence-electron chi connectivity index (χ1n) is 4.37. The molecular formula is C8H16N2O4. The van der Waals surface area contributed by atoms with E-state index in [0.717, 1.165) is 13.3 Å². The minimum Gasteiger partial charge on any atom is -0.479 e. The van der Waals surface area contributed by atoms with Crippen LogP contribution in [0.1, 0.15) is 20.3 Å². The molecule has 6 nitrogen and oxygen atoms in total. The van der Waals surface area contributed by atoms with Crippen LogP contribution in [0.2, 0.25) is 0 Å². The third kappa shape index (κ3) is 4.66. The molecule has 82 valence electrons. The van der Waals surface area contributed by atoms with Crippen LogP contribution in [0.25, 0.3) is 0 Å². The van der Waals surface area contributed by atoms with Gasteiger partial charge in [-0.05, 0) is 13.3 Å². The van der Waals surface area contributed by atoms with Crippen molar-refractivity contribution in [2.24, 2.45) is 0 Å². The summed E-state index contributed by atoms with van der Waals surface area (Å²) in [7, 11) is 0. The normalized spacial score (nSPS) is 14.2. The highest BCUT2D eigenvalue weighted by Gasteiger charge is 2.30. The molecule has 6 heteroatoms. The Morgan fingerprint density at radius 1 is 1.36 bits per heavy atom. The van der Waals surface area contributed by atoms with Gasteiger partial charge in [0.15, 0.2) is 5.60 Å². The van der Waals surface area contributed by atoms with Gasteiger partial charge in [-0.25, -0.2) is 9.59 Å². The number of urea groups is 1. The summed E-state index contributed by atoms with van der Waals surface area (Å²) in [6, 6.07) is -0.478. The molecule has 0 radical (unpaired) electrons. The van der Waals surface area contributed by atoms with E-state index < -0.39 is 17.6 Å². The van der Waals surface area contributed by atoms with Crippen molar-refractivity contribution in [1.82, 2.24) is 10.6 Å². The number of carbonyl (C=O) groups is 2. The standard InChI is InChI=1S/C8H16N2O4/c1-3-4-9-7(13)10-5-8(2,14)6(11)12/h14H,3-5H2,1-2H3,(H,11,12)(H2,9,10,13). The maximum atomic E-state index is 10.9. The summed E-state index contributed by atoms with van der Waals surface area (Å²) >= 11 is 0. The second kappa shape index (κ2) is 5.43. The lowest BCUT2D eigenvalue weighted by Gasteiger charge is -2.18. The highest BCUT2D eigenvalue weighted by molar-refractivity contribution is 5.79. The summed E-state index contributed by atoms with van der Waals surface area (Å²) in [5.41, 5.74) is -1.93. The van der Waals surface area contributed by atoms with E-state index in [1.807, 2.05) is 6.92 Å². The van der Waals surface area contributed by atoms with Crippen LogP contribution in [-0.4, -0.2) is 40.9 Å². The Bertz CT molecular complexity index is 215. The fraction of sp³-hybridized carbons (Fsp3) is 0.750. The zero-order valence-corrected chi connectivity index (χ0v) is 8.33. The summed E-state index contributed by atoms with van der Waals surface area (Å²) in [6.07, 6.45) is 0.794. The van der Waals surface area contributed by atoms with Crippen molar-refractivity contribution in [2.45, 2.75) is 25.9 Å². The molecule has 0 bridgehead atoms. The molecular weight excluding hydrogens is 188 g/mol. The molecule has 0 fully saturated rings. The number of aliphatic carboxylic acids is 1. The highest BCUT2D eigenvalue weighted by Crippen LogP contribution is 2.00. The molecule has 2 amide bonds. The van der Waals surface area contributed by atoms with Gasteiger partial charge in [0.2, 0.25) is 0 Å². The molecule has 1 atom stereocenters. The third-order valence-electron chi connectivity index (χ3n) is 1.59. The van der Waals surface area contributed by atoms with E-state index in [9.17, 15) is 14.7 Å². The number of amides is 2. The zero-order valence-electron chi connectivity index (χ0n) is 8.33. The lowest BCUT2D eigenvalue weighted by atomic mass is 10.1. The fourth-order valence-corrected chi connectivity index (χ4v) is 0.629. The predicted octanol–water partition coefficient (Wildman–Crippen LogP) is -0.469. The van der Waals surface area contributed by atoms with Gasteiger partial charge in [-0.3, -0.25) is 0 Å². The Morgan fingerprint density at radius 3 is 2.36 bits per heavy atom. The van der Waals surface area contributed by atoms with E-state index >= 15 is 0 Å². The van der Waals surface area contributed by atoms with Crippen LogP contribution in [0.4, 0.5) is 4.79 Å². The number of hydrogen-bond donors (Lipinski definition) is 4. The number of carbonyl (C=O) groups excluding carboxylic acids is 1. The molecule has 0 aliphatic heterocycles. The van der Waals surface area contributed by atoms with Crippen LogP contribution in [0.3, 0.4) is 0 Å². The number of nitrogens with one attached hydrogen (secondary N) is 2. The van der Waals surface area contributed by atoms with Crippen LogP contribution in [0.15, 0.2) is 0 Å². The number of aliphatic hydroxyl groups is 1. The molecule has 4 N–H and O–H groups in total. The van der Waals surface area contributed by atoms with Crippen molar-refractivity contribution < 1.29 is 19.8 Å². The minimum absolute atomic E-state index is 0.322. The quantitative estimate of drug-likeness (QED) is 0.486. The summed E-state index contributed by atoms with van der Waals surface area (Å²) in [4.78, 5) is 21.4. The van der Waals surface area contributed by atoms with Crippen molar-refractivity contribution >= 4 is 12.0 Å². The first-order chi connectivity index (χ1) is 6.40. The van der Waals surface area contributed by atoms with Gasteiger partial charge in [-0.1, -0.05) is 6.92 Å². The van der Waals surface area contributed by atoms with Gasteiger partial charge in [-0.15, -0.1) is 0 Å². The number of carboxylic acids is 1. The van der Waals surface area contributed by atoms with Gasteiger partial charge in [0.05, 0.1) is 6.54 Å². The molecule has 0 aromatic heterocycles. The van der Waals surface area contributed by atoms with Crippen molar-refractivity contribution in [3.63, 3.8) is 0 Å². The minimum atomic E-state index is -1.93. The van der Waals surface area contributed by atoms with Gasteiger partial charge < -0.3 is 20.8 Å². The molecule has 0 aliphatic rings. The molecule has 14 heavy (non-hydrogen) atoms. The van der Waals surface area contributed by atoms with Gasteiger partial charge >= 0.3 is 12.0 Å². The highest BCUT2D eigenvalue weighted by atomic mass is 16.4. The Kier molecular flexibility index (Phi) is 4.93. The number of hydrogen-bond acceptors (Lipinski definition) is 3.